The molecule has 0 amide bonds. The molecule has 0 bridgehead atoms. The molecule has 1 aromatic carbocycles. The number of pyridine rings is 1. The van der Waals surface area contributed by atoms with E-state index in [-0.39, 0.29) is 5.97 Å². The third kappa shape index (κ3) is 4.24. The molecule has 0 N–H and O–H groups in total. The first kappa shape index (κ1) is 17.2. The Balaban J connectivity index is 1.88. The Kier molecular flexibility index (Phi) is 5.79. The number of rotatable bonds is 7. The van der Waals surface area contributed by atoms with E-state index in [0.29, 0.717) is 18.8 Å². The molecule has 3 aromatic rings. The number of aromatic nitrogens is 4. The molecule has 0 unspecified atom stereocenters. The molecule has 2 aromatic heterocycles. The maximum absolute atomic E-state index is 11.5. The van der Waals surface area contributed by atoms with Crippen molar-refractivity contribution in [1.29, 1.82) is 0 Å². The van der Waals surface area contributed by atoms with Crippen molar-refractivity contribution in [1.82, 2.24) is 19.7 Å². The van der Waals surface area contributed by atoms with Crippen molar-refractivity contribution in [2.45, 2.75) is 18.5 Å². The smallest absolute Gasteiger partial charge is 0.306 e. The first-order chi connectivity index (χ1) is 12.3. The first-order valence-corrected chi connectivity index (χ1v) is 8.98. The number of para-hydroxylation sites is 1. The number of carbonyl (C=O) groups is 1. The van der Waals surface area contributed by atoms with Crippen LogP contribution < -0.4 is 0 Å². The molecule has 3 rings (SSSR count). The van der Waals surface area contributed by atoms with Gasteiger partial charge in [-0.1, -0.05) is 30.0 Å². The highest BCUT2D eigenvalue weighted by atomic mass is 32.2. The Morgan fingerprint density at radius 1 is 1.16 bits per heavy atom. The summed E-state index contributed by atoms with van der Waals surface area (Å²) in [4.78, 5) is 15.7. The Morgan fingerprint density at radius 3 is 2.72 bits per heavy atom. The van der Waals surface area contributed by atoms with Gasteiger partial charge in [-0.05, 0) is 31.2 Å². The van der Waals surface area contributed by atoms with Gasteiger partial charge in [0, 0.05) is 29.4 Å². The number of hydrogen-bond acceptors (Lipinski definition) is 6. The van der Waals surface area contributed by atoms with Crippen LogP contribution in [0.5, 0.6) is 0 Å². The van der Waals surface area contributed by atoms with E-state index in [9.17, 15) is 4.79 Å². The van der Waals surface area contributed by atoms with Crippen molar-refractivity contribution in [3.8, 4) is 17.1 Å². The van der Waals surface area contributed by atoms with E-state index in [1.54, 1.807) is 19.3 Å². The van der Waals surface area contributed by atoms with E-state index >= 15 is 0 Å². The summed E-state index contributed by atoms with van der Waals surface area (Å²) in [6.45, 7) is 2.20. The minimum atomic E-state index is -0.201. The Morgan fingerprint density at radius 2 is 2.00 bits per heavy atom. The summed E-state index contributed by atoms with van der Waals surface area (Å²) >= 11 is 1.48. The summed E-state index contributed by atoms with van der Waals surface area (Å²) in [5, 5.41) is 9.37. The lowest BCUT2D eigenvalue weighted by Crippen LogP contribution is -2.05. The van der Waals surface area contributed by atoms with Gasteiger partial charge in [-0.3, -0.25) is 14.3 Å². The lowest BCUT2D eigenvalue weighted by molar-refractivity contribution is -0.142. The molecule has 0 radical (unpaired) electrons. The highest BCUT2D eigenvalue weighted by molar-refractivity contribution is 7.99. The van der Waals surface area contributed by atoms with Crippen molar-refractivity contribution < 1.29 is 9.53 Å². The highest BCUT2D eigenvalue weighted by Gasteiger charge is 2.16. The maximum Gasteiger partial charge on any atom is 0.306 e. The lowest BCUT2D eigenvalue weighted by atomic mass is 10.2. The molecule has 0 aliphatic carbocycles. The molecule has 0 atom stereocenters. The van der Waals surface area contributed by atoms with Gasteiger partial charge in [0.15, 0.2) is 11.0 Å². The quantitative estimate of drug-likeness (QED) is 0.478. The van der Waals surface area contributed by atoms with Crippen LogP contribution in [-0.2, 0) is 9.53 Å². The molecular weight excluding hydrogens is 336 g/mol. The van der Waals surface area contributed by atoms with E-state index in [2.05, 4.69) is 15.2 Å². The van der Waals surface area contributed by atoms with Crippen LogP contribution in [0.3, 0.4) is 0 Å². The Labute approximate surface area is 150 Å². The molecule has 0 saturated heterocycles. The highest BCUT2D eigenvalue weighted by Crippen LogP contribution is 2.27. The number of thioether (sulfide) groups is 1. The summed E-state index contributed by atoms with van der Waals surface area (Å²) in [5.74, 6) is 1.10. The maximum atomic E-state index is 11.5. The average molecular weight is 354 g/mol. The van der Waals surface area contributed by atoms with Crippen LogP contribution in [0.15, 0.2) is 60.0 Å². The Bertz CT molecular complexity index is 822. The van der Waals surface area contributed by atoms with E-state index in [0.717, 1.165) is 22.2 Å². The van der Waals surface area contributed by atoms with Gasteiger partial charge in [0.25, 0.3) is 0 Å². The van der Waals surface area contributed by atoms with Crippen LogP contribution in [0, 0.1) is 0 Å². The van der Waals surface area contributed by atoms with E-state index in [1.807, 2.05) is 47.0 Å². The molecule has 0 aliphatic rings. The summed E-state index contributed by atoms with van der Waals surface area (Å²) in [7, 11) is 0. The molecule has 6 nitrogen and oxygen atoms in total. The van der Waals surface area contributed by atoms with Crippen molar-refractivity contribution >= 4 is 17.7 Å². The molecule has 7 heteroatoms. The van der Waals surface area contributed by atoms with Gasteiger partial charge in [0.05, 0.1) is 13.0 Å². The Hall–Kier alpha value is -2.67. The predicted molar refractivity (Wildman–Crippen MR) is 96.6 cm³/mol. The molecule has 0 saturated carbocycles. The third-order valence-electron chi connectivity index (χ3n) is 3.41. The summed E-state index contributed by atoms with van der Waals surface area (Å²) in [6, 6.07) is 13.7. The van der Waals surface area contributed by atoms with Crippen LogP contribution in [0.2, 0.25) is 0 Å². The third-order valence-corrected chi connectivity index (χ3v) is 4.34. The first-order valence-electron chi connectivity index (χ1n) is 7.99. The normalized spacial score (nSPS) is 10.6. The zero-order chi connectivity index (χ0) is 17.5. The molecule has 0 spiro atoms. The summed E-state index contributed by atoms with van der Waals surface area (Å²) in [5.41, 5.74) is 1.85. The van der Waals surface area contributed by atoms with Crippen LogP contribution in [0.1, 0.15) is 13.3 Å². The van der Waals surface area contributed by atoms with E-state index in [1.165, 1.54) is 11.8 Å². The molecule has 25 heavy (non-hydrogen) atoms. The van der Waals surface area contributed by atoms with Crippen LogP contribution >= 0.6 is 11.8 Å². The number of nitrogens with zero attached hydrogens (tertiary/aromatic N) is 4. The van der Waals surface area contributed by atoms with Gasteiger partial charge < -0.3 is 4.74 Å². The minimum Gasteiger partial charge on any atom is -0.466 e. The topological polar surface area (TPSA) is 69.9 Å². The van der Waals surface area contributed by atoms with E-state index < -0.39 is 0 Å². The lowest BCUT2D eigenvalue weighted by Gasteiger charge is -2.10. The van der Waals surface area contributed by atoms with Crippen molar-refractivity contribution in [3.05, 3.63) is 54.9 Å². The minimum absolute atomic E-state index is 0.201. The number of carbonyl (C=O) groups excluding carboxylic acids is 1. The van der Waals surface area contributed by atoms with Crippen molar-refractivity contribution in [2.75, 3.05) is 12.4 Å². The zero-order valence-electron chi connectivity index (χ0n) is 13.8. The second-order valence-electron chi connectivity index (χ2n) is 5.12. The SMILES string of the molecule is CCOC(=O)CCSc1nnc(-c2cccnc2)n1-c1ccccc1. The standard InChI is InChI=1S/C18H18N4O2S/c1-2-24-16(23)10-12-25-18-21-20-17(14-7-6-11-19-13-14)22(18)15-8-4-3-5-9-15/h3-9,11,13H,2,10,12H2,1H3. The van der Waals surface area contributed by atoms with Crippen molar-refractivity contribution in [3.63, 3.8) is 0 Å². The molecule has 0 aliphatic heterocycles. The van der Waals surface area contributed by atoms with Gasteiger partial charge in [-0.15, -0.1) is 10.2 Å². The van der Waals surface area contributed by atoms with Crippen LogP contribution in [0.25, 0.3) is 17.1 Å². The van der Waals surface area contributed by atoms with Gasteiger partial charge >= 0.3 is 5.97 Å². The average Bonchev–Trinajstić information content (AvgIpc) is 3.07. The summed E-state index contributed by atoms with van der Waals surface area (Å²) in [6.07, 6.45) is 3.82. The fourth-order valence-corrected chi connectivity index (χ4v) is 3.18. The van der Waals surface area contributed by atoms with Gasteiger partial charge in [0.1, 0.15) is 0 Å². The number of esters is 1. The predicted octanol–water partition coefficient (Wildman–Crippen LogP) is 3.37. The monoisotopic (exact) mass is 354 g/mol. The molecule has 0 fully saturated rings. The van der Waals surface area contributed by atoms with Crippen molar-refractivity contribution in [2.24, 2.45) is 0 Å². The fourth-order valence-electron chi connectivity index (χ4n) is 2.31. The number of benzene rings is 1. The summed E-state index contributed by atoms with van der Waals surface area (Å²) < 4.78 is 6.94. The second-order valence-corrected chi connectivity index (χ2v) is 6.18. The van der Waals surface area contributed by atoms with E-state index in [4.69, 9.17) is 4.74 Å². The fraction of sp³-hybridized carbons (Fsp3) is 0.222. The van der Waals surface area contributed by atoms with Gasteiger partial charge in [-0.25, -0.2) is 0 Å². The molecular formula is C18H18N4O2S. The van der Waals surface area contributed by atoms with Crippen LogP contribution in [-0.4, -0.2) is 38.1 Å². The second kappa shape index (κ2) is 8.43. The van der Waals surface area contributed by atoms with Crippen LogP contribution in [0.4, 0.5) is 0 Å². The van der Waals surface area contributed by atoms with Gasteiger partial charge in [0.2, 0.25) is 0 Å². The number of ether oxygens (including phenoxy) is 1. The molecule has 2 heterocycles. The number of hydrogen-bond donors (Lipinski definition) is 0. The zero-order valence-corrected chi connectivity index (χ0v) is 14.6. The molecule has 128 valence electrons. The van der Waals surface area contributed by atoms with Gasteiger partial charge in [-0.2, -0.15) is 0 Å². The largest absolute Gasteiger partial charge is 0.466 e.